The highest BCUT2D eigenvalue weighted by Crippen LogP contribution is 2.47. The van der Waals surface area contributed by atoms with Gasteiger partial charge in [-0.25, -0.2) is 5.01 Å². The first-order chi connectivity index (χ1) is 11.9. The monoisotopic (exact) mass is 332 g/mol. The van der Waals surface area contributed by atoms with Gasteiger partial charge in [0.1, 0.15) is 5.75 Å². The zero-order chi connectivity index (χ0) is 15.9. The van der Waals surface area contributed by atoms with Gasteiger partial charge in [0, 0.05) is 17.5 Å². The Labute approximate surface area is 144 Å². The second-order valence-electron chi connectivity index (χ2n) is 6.08. The molecule has 3 aromatic rings. The molecule has 2 atom stereocenters. The summed E-state index contributed by atoms with van der Waals surface area (Å²) in [4.78, 5) is 0. The van der Waals surface area contributed by atoms with Crippen molar-refractivity contribution in [1.82, 2.24) is 5.01 Å². The quantitative estimate of drug-likeness (QED) is 0.660. The smallest absolute Gasteiger partial charge is 0.214 e. The molecule has 5 rings (SSSR count). The summed E-state index contributed by atoms with van der Waals surface area (Å²) in [6, 6.07) is 21.1. The summed E-state index contributed by atoms with van der Waals surface area (Å²) in [6.07, 6.45) is 0.753. The number of ether oxygens (including phenoxy) is 1. The molecule has 0 spiro atoms. The van der Waals surface area contributed by atoms with Gasteiger partial charge in [0.15, 0.2) is 0 Å². The van der Waals surface area contributed by atoms with Crippen molar-refractivity contribution in [3.63, 3.8) is 0 Å². The first-order valence-electron chi connectivity index (χ1n) is 8.09. The average molecular weight is 332 g/mol. The van der Waals surface area contributed by atoms with Gasteiger partial charge in [-0.05, 0) is 28.5 Å². The lowest BCUT2D eigenvalue weighted by Crippen LogP contribution is -2.33. The Balaban J connectivity index is 1.61. The minimum Gasteiger partial charge on any atom is -0.464 e. The lowest BCUT2D eigenvalue weighted by molar-refractivity contribution is -0.0187. The largest absolute Gasteiger partial charge is 0.464 e. The van der Waals surface area contributed by atoms with Crippen molar-refractivity contribution in [3.05, 3.63) is 88.1 Å². The molecule has 0 fully saturated rings. The van der Waals surface area contributed by atoms with E-state index in [1.54, 1.807) is 11.3 Å². The fraction of sp³-hybridized carbons (Fsp3) is 0.150. The van der Waals surface area contributed by atoms with Gasteiger partial charge in [-0.3, -0.25) is 0 Å². The fourth-order valence-electron chi connectivity index (χ4n) is 3.47. The highest BCUT2D eigenvalue weighted by atomic mass is 32.1. The van der Waals surface area contributed by atoms with Crippen LogP contribution < -0.4 is 4.74 Å². The summed E-state index contributed by atoms with van der Waals surface area (Å²) in [6.45, 7) is 0. The molecule has 3 nitrogen and oxygen atoms in total. The van der Waals surface area contributed by atoms with E-state index in [2.05, 4.69) is 64.3 Å². The standard InChI is InChI=1S/C20H16N2OS/c1-2-6-14(7-3-1)17-12-18-16-8-4-5-9-19(16)23-20(22(18)21-17)15-10-11-24-13-15/h1-11,13,18,20H,12H2/t18-,20+/m1/s1. The van der Waals surface area contributed by atoms with Gasteiger partial charge < -0.3 is 4.74 Å². The number of hydrogen-bond acceptors (Lipinski definition) is 4. The molecule has 0 aliphatic carbocycles. The molecule has 0 unspecified atom stereocenters. The van der Waals surface area contributed by atoms with Gasteiger partial charge >= 0.3 is 0 Å². The molecule has 1 aromatic heterocycles. The molecule has 3 heterocycles. The van der Waals surface area contributed by atoms with Gasteiger partial charge in [0.25, 0.3) is 0 Å². The Kier molecular flexibility index (Phi) is 3.16. The number of thiophene rings is 1. The summed E-state index contributed by atoms with van der Waals surface area (Å²) in [5.74, 6) is 0.972. The van der Waals surface area contributed by atoms with Crippen LogP contribution in [0.5, 0.6) is 5.75 Å². The Hall–Kier alpha value is -2.59. The molecule has 0 saturated carbocycles. The highest BCUT2D eigenvalue weighted by Gasteiger charge is 2.40. The van der Waals surface area contributed by atoms with Crippen molar-refractivity contribution in [2.24, 2.45) is 5.10 Å². The molecule has 0 radical (unpaired) electrons. The number of fused-ring (bicyclic) bond motifs is 3. The average Bonchev–Trinajstić information content (AvgIpc) is 3.32. The molecule has 0 saturated heterocycles. The lowest BCUT2D eigenvalue weighted by atomic mass is 9.96. The third-order valence-corrected chi connectivity index (χ3v) is 5.34. The van der Waals surface area contributed by atoms with Crippen LogP contribution in [0, 0.1) is 0 Å². The van der Waals surface area contributed by atoms with Crippen molar-refractivity contribution in [2.75, 3.05) is 0 Å². The second-order valence-corrected chi connectivity index (χ2v) is 6.86. The van der Waals surface area contributed by atoms with E-state index in [9.17, 15) is 0 Å². The number of benzene rings is 2. The molecule has 24 heavy (non-hydrogen) atoms. The number of hydrogen-bond donors (Lipinski definition) is 0. The minimum atomic E-state index is -0.155. The van der Waals surface area contributed by atoms with Crippen LogP contribution in [-0.2, 0) is 0 Å². The van der Waals surface area contributed by atoms with Crippen molar-refractivity contribution in [1.29, 1.82) is 0 Å². The molecule has 2 aromatic carbocycles. The van der Waals surface area contributed by atoms with Crippen LogP contribution in [0.2, 0.25) is 0 Å². The third kappa shape index (κ3) is 2.14. The van der Waals surface area contributed by atoms with Gasteiger partial charge in [-0.1, -0.05) is 48.5 Å². The first kappa shape index (κ1) is 13.8. The summed E-state index contributed by atoms with van der Waals surface area (Å²) in [7, 11) is 0. The van der Waals surface area contributed by atoms with Crippen LogP contribution in [0.15, 0.2) is 76.5 Å². The minimum absolute atomic E-state index is 0.155. The Morgan fingerprint density at radius 2 is 1.83 bits per heavy atom. The summed E-state index contributed by atoms with van der Waals surface area (Å²) in [5.41, 5.74) is 4.70. The summed E-state index contributed by atoms with van der Waals surface area (Å²) in [5, 5.41) is 11.3. The summed E-state index contributed by atoms with van der Waals surface area (Å²) < 4.78 is 6.30. The van der Waals surface area contributed by atoms with Crippen molar-refractivity contribution < 1.29 is 4.74 Å². The van der Waals surface area contributed by atoms with E-state index in [1.807, 2.05) is 12.1 Å². The van der Waals surface area contributed by atoms with Crippen LogP contribution >= 0.6 is 11.3 Å². The maximum absolute atomic E-state index is 6.30. The topological polar surface area (TPSA) is 24.8 Å². The predicted octanol–water partition coefficient (Wildman–Crippen LogP) is 4.99. The SMILES string of the molecule is c1ccc(C2=NN3[C@H](C2)c2ccccc2O[C@H]3c2ccsc2)cc1. The molecule has 0 N–H and O–H groups in total. The fourth-order valence-corrected chi connectivity index (χ4v) is 4.14. The van der Waals surface area contributed by atoms with Crippen LogP contribution in [0.4, 0.5) is 0 Å². The van der Waals surface area contributed by atoms with Gasteiger partial charge in [0.2, 0.25) is 6.23 Å². The third-order valence-electron chi connectivity index (χ3n) is 4.63. The van der Waals surface area contributed by atoms with E-state index in [-0.39, 0.29) is 12.3 Å². The van der Waals surface area contributed by atoms with E-state index in [0.29, 0.717) is 0 Å². The Bertz CT molecular complexity index is 889. The van der Waals surface area contributed by atoms with Crippen molar-refractivity contribution >= 4 is 17.0 Å². The van der Waals surface area contributed by atoms with Gasteiger partial charge in [-0.15, -0.1) is 0 Å². The zero-order valence-corrected chi connectivity index (χ0v) is 13.8. The number of para-hydroxylation sites is 1. The van der Waals surface area contributed by atoms with Crippen LogP contribution in [0.1, 0.15) is 35.4 Å². The molecule has 0 bridgehead atoms. The first-order valence-corrected chi connectivity index (χ1v) is 9.03. The van der Waals surface area contributed by atoms with Crippen molar-refractivity contribution in [3.8, 4) is 5.75 Å². The van der Waals surface area contributed by atoms with E-state index in [4.69, 9.17) is 9.84 Å². The molecule has 0 amide bonds. The van der Waals surface area contributed by atoms with E-state index < -0.39 is 0 Å². The van der Waals surface area contributed by atoms with Gasteiger partial charge in [0.05, 0.1) is 11.8 Å². The van der Waals surface area contributed by atoms with E-state index in [0.717, 1.165) is 23.4 Å². The molecule has 118 valence electrons. The van der Waals surface area contributed by atoms with Crippen LogP contribution in [0.25, 0.3) is 0 Å². The maximum Gasteiger partial charge on any atom is 0.214 e. The van der Waals surface area contributed by atoms with Crippen molar-refractivity contribution in [2.45, 2.75) is 18.7 Å². The highest BCUT2D eigenvalue weighted by molar-refractivity contribution is 7.07. The van der Waals surface area contributed by atoms with Crippen LogP contribution in [0.3, 0.4) is 0 Å². The molecule has 2 aliphatic rings. The van der Waals surface area contributed by atoms with Gasteiger partial charge in [-0.2, -0.15) is 16.4 Å². The number of rotatable bonds is 2. The number of nitrogens with zero attached hydrogens (tertiary/aromatic N) is 2. The summed E-state index contributed by atoms with van der Waals surface area (Å²) >= 11 is 1.69. The number of hydrazone groups is 1. The second kappa shape index (κ2) is 5.49. The molecular formula is C20H16N2OS. The zero-order valence-electron chi connectivity index (χ0n) is 13.0. The Morgan fingerprint density at radius 3 is 2.67 bits per heavy atom. The van der Waals surface area contributed by atoms with E-state index >= 15 is 0 Å². The van der Waals surface area contributed by atoms with E-state index in [1.165, 1.54) is 11.1 Å². The molecule has 4 heteroatoms. The normalized spacial score (nSPS) is 21.7. The lowest BCUT2D eigenvalue weighted by Gasteiger charge is -2.37. The molecular weight excluding hydrogens is 316 g/mol. The predicted molar refractivity (Wildman–Crippen MR) is 96.3 cm³/mol. The van der Waals surface area contributed by atoms with Crippen LogP contribution in [-0.4, -0.2) is 10.7 Å². The Morgan fingerprint density at radius 1 is 1.00 bits per heavy atom. The molecule has 2 aliphatic heterocycles. The maximum atomic E-state index is 6.30.